The summed E-state index contributed by atoms with van der Waals surface area (Å²) in [4.78, 5) is 19.1. The molecular formula is C24H24F3N3O2. The van der Waals surface area contributed by atoms with Crippen molar-refractivity contribution in [1.82, 2.24) is 9.88 Å². The van der Waals surface area contributed by atoms with Crippen LogP contribution in [0.4, 0.5) is 19.0 Å². The van der Waals surface area contributed by atoms with Crippen molar-refractivity contribution >= 4 is 22.6 Å². The highest BCUT2D eigenvalue weighted by atomic mass is 19.4. The summed E-state index contributed by atoms with van der Waals surface area (Å²) < 4.78 is 40.7. The fourth-order valence-electron chi connectivity index (χ4n) is 3.99. The minimum atomic E-state index is -4.73. The second-order valence-corrected chi connectivity index (χ2v) is 8.18. The molecule has 0 unspecified atom stereocenters. The first-order valence-corrected chi connectivity index (χ1v) is 10.4. The smallest absolute Gasteiger partial charge is 0.406 e. The average molecular weight is 443 g/mol. The number of halogens is 3. The van der Waals surface area contributed by atoms with Crippen LogP contribution < -0.4 is 10.1 Å². The van der Waals surface area contributed by atoms with Gasteiger partial charge in [-0.15, -0.1) is 13.2 Å². The number of anilines is 1. The molecule has 32 heavy (non-hydrogen) atoms. The van der Waals surface area contributed by atoms with Crippen molar-refractivity contribution in [3.05, 3.63) is 65.2 Å². The standard InChI is InChI=1S/C24H24F3N3O2/c1-15-3-8-21-20(11-15)16(2)12-22(29-21)28-18-9-10-30(14-18)23(31)13-17-4-6-19(7-5-17)32-24(25,26)27/h3-8,11-12,18H,9-10,13-14H2,1-2H3,(H,28,29)/t18-/m0/s1. The van der Waals surface area contributed by atoms with E-state index in [1.807, 2.05) is 18.2 Å². The molecule has 1 fully saturated rings. The van der Waals surface area contributed by atoms with E-state index in [4.69, 9.17) is 4.98 Å². The number of aryl methyl sites for hydroxylation is 2. The zero-order chi connectivity index (χ0) is 22.9. The molecule has 2 aromatic carbocycles. The molecule has 168 valence electrons. The highest BCUT2D eigenvalue weighted by molar-refractivity contribution is 5.84. The molecule has 5 nitrogen and oxygen atoms in total. The molecule has 1 N–H and O–H groups in total. The van der Waals surface area contributed by atoms with Crippen LogP contribution in [0.1, 0.15) is 23.1 Å². The zero-order valence-corrected chi connectivity index (χ0v) is 17.9. The minimum Gasteiger partial charge on any atom is -0.406 e. The second kappa shape index (κ2) is 8.68. The lowest BCUT2D eigenvalue weighted by molar-refractivity contribution is -0.274. The van der Waals surface area contributed by atoms with Crippen molar-refractivity contribution in [1.29, 1.82) is 0 Å². The first-order valence-electron chi connectivity index (χ1n) is 10.4. The lowest BCUT2D eigenvalue weighted by Crippen LogP contribution is -2.32. The highest BCUT2D eigenvalue weighted by Gasteiger charge is 2.31. The first kappa shape index (κ1) is 21.9. The number of ether oxygens (including phenoxy) is 1. The molecule has 0 spiro atoms. The summed E-state index contributed by atoms with van der Waals surface area (Å²) in [6, 6.07) is 13.7. The molecule has 0 aliphatic carbocycles. The van der Waals surface area contributed by atoms with Gasteiger partial charge in [-0.1, -0.05) is 23.8 Å². The fraction of sp³-hybridized carbons (Fsp3) is 0.333. The minimum absolute atomic E-state index is 0.0584. The van der Waals surface area contributed by atoms with Crippen LogP contribution in [0, 0.1) is 13.8 Å². The Labute approximate surface area is 184 Å². The molecule has 1 atom stereocenters. The van der Waals surface area contributed by atoms with Gasteiger partial charge in [0.15, 0.2) is 0 Å². The van der Waals surface area contributed by atoms with Crippen molar-refractivity contribution in [2.45, 2.75) is 39.1 Å². The number of nitrogens with zero attached hydrogens (tertiary/aromatic N) is 2. The van der Waals surface area contributed by atoms with Gasteiger partial charge < -0.3 is 15.0 Å². The number of amides is 1. The number of pyridine rings is 1. The van der Waals surface area contributed by atoms with E-state index in [9.17, 15) is 18.0 Å². The number of alkyl halides is 3. The van der Waals surface area contributed by atoms with Gasteiger partial charge >= 0.3 is 6.36 Å². The predicted octanol–water partition coefficient (Wildman–Crippen LogP) is 5.01. The van der Waals surface area contributed by atoms with Gasteiger partial charge in [0.1, 0.15) is 11.6 Å². The van der Waals surface area contributed by atoms with Gasteiger partial charge in [0.25, 0.3) is 0 Å². The quantitative estimate of drug-likeness (QED) is 0.603. The Morgan fingerprint density at radius 3 is 2.62 bits per heavy atom. The third-order valence-electron chi connectivity index (χ3n) is 5.58. The van der Waals surface area contributed by atoms with E-state index < -0.39 is 6.36 Å². The Morgan fingerprint density at radius 2 is 1.91 bits per heavy atom. The first-order chi connectivity index (χ1) is 15.2. The topological polar surface area (TPSA) is 54.5 Å². The molecule has 1 aromatic heterocycles. The summed E-state index contributed by atoms with van der Waals surface area (Å²) in [5.41, 5.74) is 3.91. The van der Waals surface area contributed by atoms with Crippen molar-refractivity contribution in [3.8, 4) is 5.75 Å². The number of carbonyl (C=O) groups excluding carboxylic acids is 1. The molecule has 8 heteroatoms. The van der Waals surface area contributed by atoms with Crippen LogP contribution in [0.2, 0.25) is 0 Å². The maximum atomic E-state index is 12.7. The average Bonchev–Trinajstić information content (AvgIpc) is 3.18. The molecule has 1 aliphatic rings. The van der Waals surface area contributed by atoms with Gasteiger partial charge in [0, 0.05) is 24.5 Å². The van der Waals surface area contributed by atoms with Gasteiger partial charge in [0.05, 0.1) is 11.9 Å². The normalized spacial score (nSPS) is 16.4. The molecule has 3 aromatic rings. The lowest BCUT2D eigenvalue weighted by Gasteiger charge is -2.18. The molecule has 2 heterocycles. The third-order valence-corrected chi connectivity index (χ3v) is 5.58. The molecule has 1 saturated heterocycles. The number of fused-ring (bicyclic) bond motifs is 1. The van der Waals surface area contributed by atoms with E-state index in [2.05, 4.69) is 30.0 Å². The lowest BCUT2D eigenvalue weighted by atomic mass is 10.1. The molecule has 0 saturated carbocycles. The van der Waals surface area contributed by atoms with E-state index >= 15 is 0 Å². The number of rotatable bonds is 5. The van der Waals surface area contributed by atoms with Crippen LogP contribution in [-0.2, 0) is 11.2 Å². The maximum Gasteiger partial charge on any atom is 0.573 e. The molecule has 1 aliphatic heterocycles. The van der Waals surface area contributed by atoms with Crippen LogP contribution in [0.3, 0.4) is 0 Å². The third kappa shape index (κ3) is 5.30. The number of aromatic nitrogens is 1. The number of carbonyl (C=O) groups is 1. The second-order valence-electron chi connectivity index (χ2n) is 8.18. The Hall–Kier alpha value is -3.29. The Balaban J connectivity index is 1.35. The van der Waals surface area contributed by atoms with Gasteiger partial charge in [0.2, 0.25) is 5.91 Å². The van der Waals surface area contributed by atoms with E-state index in [0.717, 1.165) is 28.7 Å². The largest absolute Gasteiger partial charge is 0.573 e. The Kier molecular flexibility index (Phi) is 5.95. The summed E-state index contributed by atoms with van der Waals surface area (Å²) in [6.07, 6.45) is -3.80. The Bertz CT molecular complexity index is 1130. The molecule has 0 bridgehead atoms. The van der Waals surface area contributed by atoms with Gasteiger partial charge in [-0.25, -0.2) is 4.98 Å². The highest BCUT2D eigenvalue weighted by Crippen LogP contribution is 2.25. The summed E-state index contributed by atoms with van der Waals surface area (Å²) in [5, 5.41) is 4.57. The predicted molar refractivity (Wildman–Crippen MR) is 117 cm³/mol. The van der Waals surface area contributed by atoms with Crippen LogP contribution in [0.5, 0.6) is 5.75 Å². The number of hydrogen-bond acceptors (Lipinski definition) is 4. The number of hydrogen-bond donors (Lipinski definition) is 1. The monoisotopic (exact) mass is 443 g/mol. The SMILES string of the molecule is Cc1ccc2nc(N[C@H]3CCN(C(=O)Cc4ccc(OC(F)(F)F)cc4)C3)cc(C)c2c1. The van der Waals surface area contributed by atoms with Crippen LogP contribution in [0.15, 0.2) is 48.5 Å². The van der Waals surface area contributed by atoms with E-state index in [-0.39, 0.29) is 24.1 Å². The van der Waals surface area contributed by atoms with Gasteiger partial charge in [-0.3, -0.25) is 4.79 Å². The molecule has 4 rings (SSSR count). The summed E-state index contributed by atoms with van der Waals surface area (Å²) in [5.74, 6) is 0.433. The summed E-state index contributed by atoms with van der Waals surface area (Å²) in [7, 11) is 0. The molecule has 0 radical (unpaired) electrons. The molecular weight excluding hydrogens is 419 g/mol. The fourth-order valence-corrected chi connectivity index (χ4v) is 3.99. The Morgan fingerprint density at radius 1 is 1.16 bits per heavy atom. The summed E-state index contributed by atoms with van der Waals surface area (Å²) in [6.45, 7) is 5.29. The van der Waals surface area contributed by atoms with Crippen LogP contribution in [-0.4, -0.2) is 41.3 Å². The van der Waals surface area contributed by atoms with E-state index in [1.54, 1.807) is 4.90 Å². The van der Waals surface area contributed by atoms with Crippen molar-refractivity contribution in [2.24, 2.45) is 0 Å². The van der Waals surface area contributed by atoms with E-state index in [0.29, 0.717) is 18.7 Å². The van der Waals surface area contributed by atoms with Crippen molar-refractivity contribution in [2.75, 3.05) is 18.4 Å². The van der Waals surface area contributed by atoms with Crippen LogP contribution in [0.25, 0.3) is 10.9 Å². The van der Waals surface area contributed by atoms with Gasteiger partial charge in [-0.05, 0) is 61.7 Å². The van der Waals surface area contributed by atoms with E-state index in [1.165, 1.54) is 29.8 Å². The maximum absolute atomic E-state index is 12.7. The zero-order valence-electron chi connectivity index (χ0n) is 17.9. The van der Waals surface area contributed by atoms with Gasteiger partial charge in [-0.2, -0.15) is 0 Å². The number of nitrogens with one attached hydrogen (secondary N) is 1. The van der Waals surface area contributed by atoms with Crippen molar-refractivity contribution < 1.29 is 22.7 Å². The van der Waals surface area contributed by atoms with Crippen molar-refractivity contribution in [3.63, 3.8) is 0 Å². The molecule has 1 amide bonds. The number of likely N-dealkylation sites (tertiary alicyclic amines) is 1. The van der Waals surface area contributed by atoms with Crippen LogP contribution >= 0.6 is 0 Å². The summed E-state index contributed by atoms with van der Waals surface area (Å²) >= 11 is 0. The number of benzene rings is 2.